The molecule has 11 nitrogen and oxygen atoms in total. The number of fused-ring (bicyclic) bond motifs is 1. The van der Waals surface area contributed by atoms with Crippen molar-refractivity contribution in [1.82, 2.24) is 19.5 Å². The Hall–Kier alpha value is -3.80. The molecule has 0 saturated carbocycles. The summed E-state index contributed by atoms with van der Waals surface area (Å²) < 4.78 is 13.8. The molecule has 3 aromatic carbocycles. The van der Waals surface area contributed by atoms with E-state index in [0.717, 1.165) is 16.7 Å². The molecule has 1 aliphatic rings. The number of nitrogen functional groups attached to an aromatic ring is 1. The highest BCUT2D eigenvalue weighted by atomic mass is 31.2. The van der Waals surface area contributed by atoms with Gasteiger partial charge in [0, 0.05) is 0 Å². The number of nitrogens with two attached hydrogens (primary N) is 2. The number of aliphatic hydroxyl groups is 2. The minimum atomic E-state index is -2.25. The van der Waals surface area contributed by atoms with Crippen LogP contribution in [0.25, 0.3) is 11.2 Å². The molecule has 1 aliphatic heterocycles. The molecule has 7 N–H and O–H groups in total. The molecule has 210 valence electrons. The van der Waals surface area contributed by atoms with Crippen LogP contribution in [0.4, 0.5) is 5.82 Å². The largest absolute Gasteiger partial charge is 0.387 e. The molecule has 0 aliphatic carbocycles. The van der Waals surface area contributed by atoms with Crippen molar-refractivity contribution < 1.29 is 24.4 Å². The Kier molecular flexibility index (Phi) is 7.27. The van der Waals surface area contributed by atoms with Gasteiger partial charge in [-0.25, -0.2) is 15.0 Å². The van der Waals surface area contributed by atoms with Gasteiger partial charge in [0.25, 0.3) is 0 Å². The molecule has 0 bridgehead atoms. The highest BCUT2D eigenvalue weighted by Crippen LogP contribution is 2.57. The number of benzene rings is 3. The minimum Gasteiger partial charge on any atom is -0.387 e. The third-order valence-electron chi connectivity index (χ3n) is 7.68. The van der Waals surface area contributed by atoms with Gasteiger partial charge < -0.3 is 30.1 Å². The molecule has 0 radical (unpaired) electrons. The van der Waals surface area contributed by atoms with Crippen LogP contribution in [0.3, 0.4) is 0 Å². The van der Waals surface area contributed by atoms with Gasteiger partial charge in [-0.1, -0.05) is 91.0 Å². The number of anilines is 1. The van der Waals surface area contributed by atoms with E-state index in [1.54, 1.807) is 4.57 Å². The fourth-order valence-corrected chi connectivity index (χ4v) is 6.36. The molecule has 0 spiro atoms. The second kappa shape index (κ2) is 10.9. The molecule has 41 heavy (non-hydrogen) atoms. The summed E-state index contributed by atoms with van der Waals surface area (Å²) in [5.74, 6) is 0.149. The lowest BCUT2D eigenvalue weighted by Crippen LogP contribution is -2.61. The van der Waals surface area contributed by atoms with Crippen LogP contribution in [0.2, 0.25) is 0 Å². The van der Waals surface area contributed by atoms with E-state index < -0.39 is 38.0 Å². The summed E-state index contributed by atoms with van der Waals surface area (Å²) in [7, 11) is -2.25. The number of aliphatic hydroxyl groups excluding tert-OH is 2. The van der Waals surface area contributed by atoms with Crippen LogP contribution in [0.5, 0.6) is 0 Å². The average Bonchev–Trinajstić information content (AvgIpc) is 3.55. The Labute approximate surface area is 237 Å². The normalized spacial score (nSPS) is 23.6. The van der Waals surface area contributed by atoms with Crippen molar-refractivity contribution >= 4 is 25.5 Å². The monoisotopic (exact) mass is 572 g/mol. The standard InChI is InChI=1S/C29H29N6O5P/c30-26-23-27(33-17-32-26)35(18-34-23)29(25(37)24(36)22(40-29)16-39-41(31)38)28(19-10-4-1-5-11-19,20-12-6-2-7-13-20)21-14-8-3-9-15-21/h1-15,17-18,22,24-25,36-38H,16,31H2,(H2,30,32,33)/t22-,24-,25-,29+,41?/m1/s1. The summed E-state index contributed by atoms with van der Waals surface area (Å²) in [4.78, 5) is 22.8. The van der Waals surface area contributed by atoms with E-state index in [-0.39, 0.29) is 12.4 Å². The van der Waals surface area contributed by atoms with E-state index in [0.29, 0.717) is 11.2 Å². The smallest absolute Gasteiger partial charge is 0.250 e. The topological polar surface area (TPSA) is 175 Å². The summed E-state index contributed by atoms with van der Waals surface area (Å²) in [5.41, 5.74) is 11.4. The van der Waals surface area contributed by atoms with Crippen molar-refractivity contribution in [1.29, 1.82) is 0 Å². The average molecular weight is 573 g/mol. The summed E-state index contributed by atoms with van der Waals surface area (Å²) in [6.07, 6.45) is -1.34. The van der Waals surface area contributed by atoms with Gasteiger partial charge in [0.05, 0.1) is 18.3 Å². The molecule has 1 unspecified atom stereocenters. The van der Waals surface area contributed by atoms with Crippen molar-refractivity contribution in [2.24, 2.45) is 5.50 Å². The fourth-order valence-electron chi connectivity index (χ4n) is 6.06. The minimum absolute atomic E-state index is 0.149. The maximum atomic E-state index is 12.3. The van der Waals surface area contributed by atoms with Gasteiger partial charge in [-0.2, -0.15) is 0 Å². The van der Waals surface area contributed by atoms with Gasteiger partial charge in [0.1, 0.15) is 30.2 Å². The van der Waals surface area contributed by atoms with E-state index >= 15 is 0 Å². The SMILES string of the molecule is Nc1ncnc2c1ncn2[C@]1(C(c2ccccc2)(c2ccccc2)c2ccccc2)O[C@H](COP(N)O)[C@@H](O)[C@H]1O. The molecule has 5 aromatic rings. The summed E-state index contributed by atoms with van der Waals surface area (Å²) in [6.45, 7) is -0.281. The van der Waals surface area contributed by atoms with Crippen LogP contribution in [0, 0.1) is 0 Å². The van der Waals surface area contributed by atoms with Crippen molar-refractivity contribution in [2.75, 3.05) is 12.3 Å². The Balaban J connectivity index is 1.78. The zero-order valence-corrected chi connectivity index (χ0v) is 22.7. The molecule has 6 rings (SSSR count). The van der Waals surface area contributed by atoms with Crippen LogP contribution in [0.1, 0.15) is 16.7 Å². The molecule has 12 heteroatoms. The lowest BCUT2D eigenvalue weighted by atomic mass is 9.60. The highest BCUT2D eigenvalue weighted by molar-refractivity contribution is 7.43. The van der Waals surface area contributed by atoms with Gasteiger partial charge in [-0.15, -0.1) is 0 Å². The third-order valence-corrected chi connectivity index (χ3v) is 8.10. The van der Waals surface area contributed by atoms with E-state index in [1.165, 1.54) is 12.7 Å². The fraction of sp³-hybridized carbons (Fsp3) is 0.207. The molecule has 2 aromatic heterocycles. The van der Waals surface area contributed by atoms with Crippen molar-refractivity contribution in [2.45, 2.75) is 29.5 Å². The van der Waals surface area contributed by atoms with Crippen LogP contribution in [-0.2, 0) is 20.4 Å². The van der Waals surface area contributed by atoms with Crippen molar-refractivity contribution in [3.8, 4) is 0 Å². The highest BCUT2D eigenvalue weighted by Gasteiger charge is 2.68. The number of nitrogens with zero attached hydrogens (tertiary/aromatic N) is 4. The number of imidazole rings is 1. The molecule has 0 amide bonds. The first kappa shape index (κ1) is 27.4. The number of aromatic nitrogens is 4. The van der Waals surface area contributed by atoms with Gasteiger partial charge in [0.2, 0.25) is 8.53 Å². The van der Waals surface area contributed by atoms with Crippen LogP contribution in [0.15, 0.2) is 104 Å². The Morgan fingerprint density at radius 1 is 0.878 bits per heavy atom. The molecule has 5 atom stereocenters. The lowest BCUT2D eigenvalue weighted by molar-refractivity contribution is -0.174. The van der Waals surface area contributed by atoms with Gasteiger partial charge in [0.15, 0.2) is 17.2 Å². The van der Waals surface area contributed by atoms with Crippen LogP contribution in [-0.4, -0.2) is 59.5 Å². The second-order valence-corrected chi connectivity index (χ2v) is 10.6. The van der Waals surface area contributed by atoms with Crippen LogP contribution < -0.4 is 11.2 Å². The maximum absolute atomic E-state index is 12.3. The third kappa shape index (κ3) is 4.22. The zero-order valence-electron chi connectivity index (χ0n) is 21.8. The van der Waals surface area contributed by atoms with E-state index in [4.69, 9.17) is 20.5 Å². The maximum Gasteiger partial charge on any atom is 0.250 e. The Morgan fingerprint density at radius 3 is 1.93 bits per heavy atom. The summed E-state index contributed by atoms with van der Waals surface area (Å²) in [5, 5.41) is 23.9. The van der Waals surface area contributed by atoms with E-state index in [2.05, 4.69) is 15.0 Å². The number of rotatable bonds is 8. The molecule has 1 saturated heterocycles. The molecule has 3 heterocycles. The summed E-state index contributed by atoms with van der Waals surface area (Å²) >= 11 is 0. The van der Waals surface area contributed by atoms with Gasteiger partial charge in [-0.3, -0.25) is 10.1 Å². The van der Waals surface area contributed by atoms with Gasteiger partial charge in [-0.05, 0) is 16.7 Å². The van der Waals surface area contributed by atoms with Crippen molar-refractivity contribution in [3.05, 3.63) is 120 Å². The lowest BCUT2D eigenvalue weighted by Gasteiger charge is -2.51. The van der Waals surface area contributed by atoms with E-state index in [1.807, 2.05) is 91.0 Å². The number of hydrogen-bond acceptors (Lipinski definition) is 10. The number of ether oxygens (including phenoxy) is 1. The quantitative estimate of drug-likeness (QED) is 0.137. The first-order chi connectivity index (χ1) is 19.9. The Bertz CT molecular complexity index is 1530. The van der Waals surface area contributed by atoms with Gasteiger partial charge >= 0.3 is 0 Å². The predicted molar refractivity (Wildman–Crippen MR) is 153 cm³/mol. The van der Waals surface area contributed by atoms with Crippen LogP contribution >= 0.6 is 8.53 Å². The summed E-state index contributed by atoms with van der Waals surface area (Å²) in [6, 6.07) is 28.8. The Morgan fingerprint density at radius 2 is 1.41 bits per heavy atom. The molecule has 1 fully saturated rings. The van der Waals surface area contributed by atoms with Crippen molar-refractivity contribution in [3.63, 3.8) is 0 Å². The predicted octanol–water partition coefficient (Wildman–Crippen LogP) is 2.41. The zero-order chi connectivity index (χ0) is 28.6. The first-order valence-electron chi connectivity index (χ1n) is 12.9. The number of hydrogen-bond donors (Lipinski definition) is 5. The first-order valence-corrected chi connectivity index (χ1v) is 14.2. The molecular weight excluding hydrogens is 543 g/mol. The van der Waals surface area contributed by atoms with E-state index in [9.17, 15) is 15.1 Å². The second-order valence-electron chi connectivity index (χ2n) is 9.78. The molecular formula is C29H29N6O5P.